The molecular formula is C7H22N10S2. The number of nitrogens with one attached hydrogen (secondary N) is 4. The van der Waals surface area contributed by atoms with Gasteiger partial charge in [-0.2, -0.15) is 0 Å². The molecule has 0 aromatic heterocycles. The average molecular weight is 310 g/mol. The van der Waals surface area contributed by atoms with E-state index in [1.54, 1.807) is 0 Å². The summed E-state index contributed by atoms with van der Waals surface area (Å²) in [6, 6.07) is 0. The molecule has 0 rings (SSSR count). The molecule has 0 aliphatic heterocycles. The lowest BCUT2D eigenvalue weighted by molar-refractivity contribution is 0.905. The van der Waals surface area contributed by atoms with Crippen molar-refractivity contribution < 1.29 is 0 Å². The molecule has 0 saturated carbocycles. The van der Waals surface area contributed by atoms with Crippen molar-refractivity contribution in [1.82, 2.24) is 5.32 Å². The van der Waals surface area contributed by atoms with Crippen LogP contribution in [0.3, 0.4) is 0 Å². The van der Waals surface area contributed by atoms with Crippen molar-refractivity contribution in [1.29, 1.82) is 16.2 Å². The van der Waals surface area contributed by atoms with Crippen LogP contribution in [0.5, 0.6) is 0 Å². The molecule has 0 aromatic rings. The van der Waals surface area contributed by atoms with Crippen LogP contribution >= 0.6 is 23.5 Å². The molecule has 112 valence electrons. The molecule has 0 aromatic carbocycles. The van der Waals surface area contributed by atoms with Gasteiger partial charge in [0.25, 0.3) is 0 Å². The first-order chi connectivity index (χ1) is 8.25. The maximum absolute atomic E-state index is 6.75. The highest BCUT2D eigenvalue weighted by atomic mass is 32.2. The van der Waals surface area contributed by atoms with Gasteiger partial charge in [0.1, 0.15) is 6.67 Å². The van der Waals surface area contributed by atoms with Crippen LogP contribution in [0.2, 0.25) is 0 Å². The summed E-state index contributed by atoms with van der Waals surface area (Å²) in [6.07, 6.45) is 0. The highest BCUT2D eigenvalue weighted by Gasteiger charge is 1.92. The summed E-state index contributed by atoms with van der Waals surface area (Å²) < 4.78 is 0. The van der Waals surface area contributed by atoms with E-state index in [9.17, 15) is 0 Å². The number of nitrogens with two attached hydrogens (primary N) is 5. The van der Waals surface area contributed by atoms with Crippen molar-refractivity contribution in [2.24, 2.45) is 33.7 Å². The third-order valence-electron chi connectivity index (χ3n) is 0.960. The Morgan fingerprint density at radius 1 is 0.947 bits per heavy atom. The van der Waals surface area contributed by atoms with E-state index in [-0.39, 0.29) is 36.3 Å². The number of rotatable bonds is 4. The van der Waals surface area contributed by atoms with E-state index in [0.717, 1.165) is 23.5 Å². The highest BCUT2D eigenvalue weighted by Crippen LogP contribution is 2.09. The molecule has 0 saturated heterocycles. The summed E-state index contributed by atoms with van der Waals surface area (Å²) in [6.45, 7) is 0.150. The minimum Gasteiger partial charge on any atom is -0.379 e. The van der Waals surface area contributed by atoms with Gasteiger partial charge in [-0.05, 0) is 0 Å². The quantitative estimate of drug-likeness (QED) is 0.169. The van der Waals surface area contributed by atoms with Gasteiger partial charge in [-0.1, -0.05) is 31.0 Å². The first-order valence-corrected chi connectivity index (χ1v) is 6.29. The number of amidine groups is 2. The molecule has 0 amide bonds. The average Bonchev–Trinajstić information content (AvgIpc) is 2.15. The van der Waals surface area contributed by atoms with Gasteiger partial charge in [-0.3, -0.25) is 16.2 Å². The number of aliphatic imine (C=N–C) groups is 1. The normalized spacial score (nSPS) is 8.00. The van der Waals surface area contributed by atoms with Gasteiger partial charge in [0.05, 0.1) is 5.08 Å². The van der Waals surface area contributed by atoms with Crippen molar-refractivity contribution in [3.8, 4) is 0 Å². The van der Waals surface area contributed by atoms with E-state index in [2.05, 4.69) is 10.3 Å². The number of nitrogens with zero attached hydrogens (tertiary/aromatic N) is 1. The fourth-order valence-electron chi connectivity index (χ4n) is 0.372. The van der Waals surface area contributed by atoms with Gasteiger partial charge in [0.15, 0.2) is 22.3 Å². The Balaban J connectivity index is -0.000000256. The molecular weight excluding hydrogens is 288 g/mol. The fraction of sp³-hybridized carbons (Fsp3) is 0.429. The largest absolute Gasteiger partial charge is 0.379 e. The summed E-state index contributed by atoms with van der Waals surface area (Å²) in [7, 11) is 0. The molecule has 0 bridgehead atoms. The summed E-state index contributed by atoms with van der Waals surface area (Å²) >= 11 is 2.33. The van der Waals surface area contributed by atoms with Crippen LogP contribution < -0.4 is 34.0 Å². The molecule has 12 heteroatoms. The van der Waals surface area contributed by atoms with Crippen LogP contribution in [0.15, 0.2) is 4.99 Å². The number of hydrogen-bond acceptors (Lipinski definition) is 6. The van der Waals surface area contributed by atoms with Gasteiger partial charge in [-0.25, -0.2) is 4.99 Å². The third-order valence-corrected chi connectivity index (χ3v) is 2.52. The van der Waals surface area contributed by atoms with Crippen LogP contribution in [0.25, 0.3) is 0 Å². The maximum Gasteiger partial charge on any atom is 0.187 e. The van der Waals surface area contributed by atoms with E-state index in [0.29, 0.717) is 5.08 Å². The molecule has 0 radical (unpaired) electrons. The Bertz CT molecular complexity index is 297. The Morgan fingerprint density at radius 3 is 1.63 bits per heavy atom. The van der Waals surface area contributed by atoms with Crippen LogP contribution in [-0.4, -0.2) is 34.0 Å². The fourth-order valence-corrected chi connectivity index (χ4v) is 1.62. The molecule has 0 spiro atoms. The predicted octanol–water partition coefficient (Wildman–Crippen LogP) is -1.47. The maximum atomic E-state index is 6.75. The van der Waals surface area contributed by atoms with E-state index >= 15 is 0 Å². The van der Waals surface area contributed by atoms with Crippen molar-refractivity contribution in [2.45, 2.75) is 7.43 Å². The van der Waals surface area contributed by atoms with Crippen molar-refractivity contribution in [3.05, 3.63) is 0 Å². The minimum atomic E-state index is -0.153. The van der Waals surface area contributed by atoms with Crippen molar-refractivity contribution in [2.75, 3.05) is 11.8 Å². The zero-order chi connectivity index (χ0) is 14.6. The Labute approximate surface area is 120 Å². The van der Waals surface area contributed by atoms with Gasteiger partial charge in [0.2, 0.25) is 0 Å². The Morgan fingerprint density at radius 2 is 1.37 bits per heavy atom. The number of guanidine groups is 2. The highest BCUT2D eigenvalue weighted by molar-refractivity contribution is 8.28. The Kier molecular flexibility index (Phi) is 16.8. The molecule has 0 aliphatic carbocycles. The molecule has 0 atom stereocenters. The lowest BCUT2D eigenvalue weighted by Gasteiger charge is -1.96. The number of thioether (sulfide) groups is 2. The summed E-state index contributed by atoms with van der Waals surface area (Å²) in [5.74, 6) is -0.177. The smallest absolute Gasteiger partial charge is 0.187 e. The standard InChI is InChI=1S/C3H10N6.C3H8N4S2.CH4/c2*4-2(5)8-1-9-3(6)7;/h1H2,(H4,4,5,8)(H4,6,7,9);1H2,(H3,4,5)(H3,6,7);1H4. The monoisotopic (exact) mass is 310 g/mol. The van der Waals surface area contributed by atoms with Crippen molar-refractivity contribution >= 4 is 45.8 Å². The Hall–Kier alpha value is -1.82. The second kappa shape index (κ2) is 14.2. The van der Waals surface area contributed by atoms with Crippen molar-refractivity contribution in [3.63, 3.8) is 0 Å². The topological polar surface area (TPSA) is 226 Å². The van der Waals surface area contributed by atoms with Crippen LogP contribution in [0, 0.1) is 16.2 Å². The minimum absolute atomic E-state index is 0. The molecule has 0 fully saturated rings. The summed E-state index contributed by atoms with van der Waals surface area (Å²) in [4.78, 5) is 3.50. The summed E-state index contributed by atoms with van der Waals surface area (Å²) in [5.41, 5.74) is 24.8. The third kappa shape index (κ3) is 31.4. The van der Waals surface area contributed by atoms with Gasteiger partial charge >= 0.3 is 0 Å². The van der Waals surface area contributed by atoms with Gasteiger partial charge in [0, 0.05) is 0 Å². The second-order valence-corrected chi connectivity index (χ2v) is 4.87. The predicted molar refractivity (Wildman–Crippen MR) is 86.3 cm³/mol. The molecule has 0 heterocycles. The van der Waals surface area contributed by atoms with Crippen LogP contribution in [0.1, 0.15) is 7.43 Å². The second-order valence-electron chi connectivity index (χ2n) is 2.47. The molecule has 10 nitrogen and oxygen atoms in total. The van der Waals surface area contributed by atoms with Crippen LogP contribution in [-0.2, 0) is 0 Å². The van der Waals surface area contributed by atoms with E-state index < -0.39 is 0 Å². The first-order valence-electron chi connectivity index (χ1n) is 4.32. The zero-order valence-corrected chi connectivity index (χ0v) is 11.2. The van der Waals surface area contributed by atoms with E-state index in [4.69, 9.17) is 44.9 Å². The lowest BCUT2D eigenvalue weighted by Crippen LogP contribution is -2.32. The molecule has 14 N–H and O–H groups in total. The van der Waals surface area contributed by atoms with Gasteiger partial charge < -0.3 is 34.0 Å². The number of hydrogen-bond donors (Lipinski definition) is 9. The molecule has 0 aliphatic rings. The molecule has 0 unspecified atom stereocenters. The molecule has 19 heavy (non-hydrogen) atoms. The van der Waals surface area contributed by atoms with Gasteiger partial charge in [-0.15, -0.1) is 0 Å². The van der Waals surface area contributed by atoms with Crippen LogP contribution in [0.4, 0.5) is 0 Å². The first kappa shape index (κ1) is 22.4. The SMILES string of the molecule is C.N=C(N)NCN=C(N)N.N=C(N)SCSC(=N)N. The lowest BCUT2D eigenvalue weighted by atomic mass is 10.9. The summed E-state index contributed by atoms with van der Waals surface area (Å²) in [5, 5.41) is 23.2. The van der Waals surface area contributed by atoms with E-state index in [1.807, 2.05) is 0 Å². The van der Waals surface area contributed by atoms with E-state index in [1.165, 1.54) is 0 Å². The zero-order valence-electron chi connectivity index (χ0n) is 9.56.